The highest BCUT2D eigenvalue weighted by molar-refractivity contribution is 7.90. The van der Waals surface area contributed by atoms with Crippen LogP contribution in [0.15, 0.2) is 29.2 Å². The molecule has 19 heavy (non-hydrogen) atoms. The number of likely N-dealkylation sites (tertiary alicyclic amines) is 1. The summed E-state index contributed by atoms with van der Waals surface area (Å²) in [6.07, 6.45) is 3.23. The summed E-state index contributed by atoms with van der Waals surface area (Å²) in [5.41, 5.74) is 0.557. The molecule has 1 aromatic carbocycles. The van der Waals surface area contributed by atoms with Gasteiger partial charge in [-0.2, -0.15) is 0 Å². The van der Waals surface area contributed by atoms with Crippen molar-refractivity contribution >= 4 is 15.7 Å². The lowest BCUT2D eigenvalue weighted by atomic mass is 9.98. The van der Waals surface area contributed by atoms with E-state index in [2.05, 4.69) is 6.92 Å². The summed E-state index contributed by atoms with van der Waals surface area (Å²) < 4.78 is 22.7. The van der Waals surface area contributed by atoms with E-state index in [0.717, 1.165) is 32.2 Å². The van der Waals surface area contributed by atoms with E-state index in [9.17, 15) is 13.2 Å². The van der Waals surface area contributed by atoms with Crippen molar-refractivity contribution in [2.24, 2.45) is 5.92 Å². The predicted molar refractivity (Wildman–Crippen MR) is 73.9 cm³/mol. The Kier molecular flexibility index (Phi) is 3.94. The third-order valence-electron chi connectivity index (χ3n) is 3.60. The van der Waals surface area contributed by atoms with E-state index in [-0.39, 0.29) is 10.8 Å². The molecule has 0 atom stereocenters. The average Bonchev–Trinajstić information content (AvgIpc) is 2.38. The Hall–Kier alpha value is -1.36. The number of amides is 1. The Morgan fingerprint density at radius 1 is 1.16 bits per heavy atom. The molecule has 1 fully saturated rings. The molecule has 1 heterocycles. The van der Waals surface area contributed by atoms with Gasteiger partial charge in [-0.1, -0.05) is 6.92 Å². The van der Waals surface area contributed by atoms with Gasteiger partial charge in [0.15, 0.2) is 9.84 Å². The van der Waals surface area contributed by atoms with E-state index in [1.54, 1.807) is 12.1 Å². The van der Waals surface area contributed by atoms with Crippen molar-refractivity contribution in [3.8, 4) is 0 Å². The number of sulfone groups is 1. The number of nitrogens with zero attached hydrogens (tertiary/aromatic N) is 1. The van der Waals surface area contributed by atoms with Gasteiger partial charge in [-0.15, -0.1) is 0 Å². The van der Waals surface area contributed by atoms with Crippen LogP contribution in [-0.2, 0) is 9.84 Å². The first-order valence-corrected chi connectivity index (χ1v) is 8.36. The standard InChI is InChI=1S/C14H19NO3S/c1-11-7-9-15(10-8-11)14(16)12-3-5-13(6-4-12)19(2,17)18/h3-6,11H,7-10H2,1-2H3. The van der Waals surface area contributed by atoms with Crippen LogP contribution in [0.4, 0.5) is 0 Å². The lowest BCUT2D eigenvalue weighted by molar-refractivity contribution is 0.0697. The quantitative estimate of drug-likeness (QED) is 0.832. The van der Waals surface area contributed by atoms with Crippen molar-refractivity contribution in [1.29, 1.82) is 0 Å². The van der Waals surface area contributed by atoms with Gasteiger partial charge >= 0.3 is 0 Å². The normalized spacial score (nSPS) is 17.5. The first kappa shape index (κ1) is 14.1. The minimum absolute atomic E-state index is 0.00745. The van der Waals surface area contributed by atoms with Gasteiger partial charge in [-0.05, 0) is 43.0 Å². The third-order valence-corrected chi connectivity index (χ3v) is 4.73. The minimum Gasteiger partial charge on any atom is -0.339 e. The van der Waals surface area contributed by atoms with Gasteiger partial charge in [0.1, 0.15) is 0 Å². The van der Waals surface area contributed by atoms with Crippen LogP contribution in [0.3, 0.4) is 0 Å². The molecule has 104 valence electrons. The molecule has 0 N–H and O–H groups in total. The molecule has 0 saturated carbocycles. The second kappa shape index (κ2) is 5.33. The number of benzene rings is 1. The second-order valence-electron chi connectivity index (χ2n) is 5.27. The second-order valence-corrected chi connectivity index (χ2v) is 7.29. The number of piperidine rings is 1. The van der Waals surface area contributed by atoms with E-state index in [0.29, 0.717) is 11.5 Å². The summed E-state index contributed by atoms with van der Waals surface area (Å²) in [5, 5.41) is 0. The summed E-state index contributed by atoms with van der Waals surface area (Å²) in [7, 11) is -3.20. The maximum absolute atomic E-state index is 12.2. The van der Waals surface area contributed by atoms with Crippen LogP contribution in [0.2, 0.25) is 0 Å². The molecule has 0 aromatic heterocycles. The highest BCUT2D eigenvalue weighted by atomic mass is 32.2. The Bertz CT molecular complexity index is 555. The number of carbonyl (C=O) groups is 1. The summed E-state index contributed by atoms with van der Waals surface area (Å²) in [6.45, 7) is 3.77. The zero-order valence-corrected chi connectivity index (χ0v) is 12.1. The molecule has 5 heteroatoms. The van der Waals surface area contributed by atoms with Crippen molar-refractivity contribution < 1.29 is 13.2 Å². The summed E-state index contributed by atoms with van der Waals surface area (Å²) in [6, 6.07) is 6.18. The SMILES string of the molecule is CC1CCN(C(=O)c2ccc(S(C)(=O)=O)cc2)CC1. The maximum atomic E-state index is 12.2. The van der Waals surface area contributed by atoms with E-state index in [1.807, 2.05) is 4.90 Å². The summed E-state index contributed by atoms with van der Waals surface area (Å²) >= 11 is 0. The lowest BCUT2D eigenvalue weighted by Gasteiger charge is -2.30. The van der Waals surface area contributed by atoms with E-state index in [4.69, 9.17) is 0 Å². The van der Waals surface area contributed by atoms with Crippen LogP contribution in [0.25, 0.3) is 0 Å². The van der Waals surface area contributed by atoms with Gasteiger partial charge in [-0.25, -0.2) is 8.42 Å². The molecule has 0 unspecified atom stereocenters. The van der Waals surface area contributed by atoms with Crippen LogP contribution in [-0.4, -0.2) is 38.6 Å². The van der Waals surface area contributed by atoms with Crippen LogP contribution >= 0.6 is 0 Å². The Balaban J connectivity index is 2.12. The molecule has 4 nitrogen and oxygen atoms in total. The molecule has 1 aromatic rings. The topological polar surface area (TPSA) is 54.5 Å². The highest BCUT2D eigenvalue weighted by Gasteiger charge is 2.21. The number of carbonyl (C=O) groups excluding carboxylic acids is 1. The molecule has 0 bridgehead atoms. The smallest absolute Gasteiger partial charge is 0.253 e. The van der Waals surface area contributed by atoms with Crippen molar-refractivity contribution in [3.05, 3.63) is 29.8 Å². The van der Waals surface area contributed by atoms with Crippen molar-refractivity contribution in [2.75, 3.05) is 19.3 Å². The van der Waals surface area contributed by atoms with Crippen LogP contribution in [0.5, 0.6) is 0 Å². The highest BCUT2D eigenvalue weighted by Crippen LogP contribution is 2.19. The maximum Gasteiger partial charge on any atom is 0.253 e. The number of hydrogen-bond donors (Lipinski definition) is 0. The van der Waals surface area contributed by atoms with E-state index >= 15 is 0 Å². The lowest BCUT2D eigenvalue weighted by Crippen LogP contribution is -2.37. The van der Waals surface area contributed by atoms with Gasteiger partial charge in [0.2, 0.25) is 0 Å². The third kappa shape index (κ3) is 3.35. The van der Waals surface area contributed by atoms with Crippen LogP contribution < -0.4 is 0 Å². The van der Waals surface area contributed by atoms with Crippen molar-refractivity contribution in [3.63, 3.8) is 0 Å². The first-order chi connectivity index (χ1) is 8.88. The molecule has 0 aliphatic carbocycles. The number of hydrogen-bond acceptors (Lipinski definition) is 3. The Morgan fingerprint density at radius 3 is 2.16 bits per heavy atom. The summed E-state index contributed by atoms with van der Waals surface area (Å²) in [4.78, 5) is 14.3. The fourth-order valence-corrected chi connectivity index (χ4v) is 2.87. The van der Waals surface area contributed by atoms with Gasteiger partial charge < -0.3 is 4.90 Å². The molecule has 1 aliphatic rings. The van der Waals surface area contributed by atoms with Gasteiger partial charge in [-0.3, -0.25) is 4.79 Å². The fraction of sp³-hybridized carbons (Fsp3) is 0.500. The average molecular weight is 281 g/mol. The van der Waals surface area contributed by atoms with E-state index in [1.165, 1.54) is 12.1 Å². The molecule has 1 saturated heterocycles. The fourth-order valence-electron chi connectivity index (χ4n) is 2.24. The molecule has 1 aliphatic heterocycles. The predicted octanol–water partition coefficient (Wildman–Crippen LogP) is 1.96. The molecular formula is C14H19NO3S. The largest absolute Gasteiger partial charge is 0.339 e. The van der Waals surface area contributed by atoms with Crippen molar-refractivity contribution in [2.45, 2.75) is 24.7 Å². The van der Waals surface area contributed by atoms with Gasteiger partial charge in [0, 0.05) is 24.9 Å². The zero-order chi connectivity index (χ0) is 14.0. The molecule has 2 rings (SSSR count). The van der Waals surface area contributed by atoms with Crippen LogP contribution in [0.1, 0.15) is 30.1 Å². The first-order valence-electron chi connectivity index (χ1n) is 6.47. The molecule has 0 radical (unpaired) electrons. The monoisotopic (exact) mass is 281 g/mol. The Labute approximate surface area is 114 Å². The minimum atomic E-state index is -3.20. The van der Waals surface area contributed by atoms with E-state index < -0.39 is 9.84 Å². The summed E-state index contributed by atoms with van der Waals surface area (Å²) in [5.74, 6) is 0.670. The molecular weight excluding hydrogens is 262 g/mol. The number of rotatable bonds is 2. The van der Waals surface area contributed by atoms with Crippen LogP contribution in [0, 0.1) is 5.92 Å². The molecule has 0 spiro atoms. The van der Waals surface area contributed by atoms with Gasteiger partial charge in [0.25, 0.3) is 5.91 Å². The molecule has 1 amide bonds. The van der Waals surface area contributed by atoms with Crippen molar-refractivity contribution in [1.82, 2.24) is 4.90 Å². The van der Waals surface area contributed by atoms with Gasteiger partial charge in [0.05, 0.1) is 4.90 Å². The zero-order valence-electron chi connectivity index (χ0n) is 11.3. The Morgan fingerprint density at radius 2 is 1.68 bits per heavy atom.